The molecule has 1 aliphatic heterocycles. The molecule has 1 aromatic carbocycles. The normalized spacial score (nSPS) is 17.8. The van der Waals surface area contributed by atoms with Crippen LogP contribution in [-0.2, 0) is 23.7 Å². The van der Waals surface area contributed by atoms with E-state index in [-0.39, 0.29) is 17.4 Å². The summed E-state index contributed by atoms with van der Waals surface area (Å²) < 4.78 is 9.96. The van der Waals surface area contributed by atoms with Crippen LogP contribution in [0.15, 0.2) is 41.5 Å². The molecule has 0 bridgehead atoms. The summed E-state index contributed by atoms with van der Waals surface area (Å²) >= 11 is 6.26. The van der Waals surface area contributed by atoms with E-state index < -0.39 is 0 Å². The number of hydrogen-bond donors (Lipinski definition) is 0. The smallest absolute Gasteiger partial charge is 0.281 e. The van der Waals surface area contributed by atoms with Crippen molar-refractivity contribution < 1.29 is 9.53 Å². The lowest BCUT2D eigenvalue weighted by atomic mass is 9.92. The number of aromatic nitrogens is 3. The molecule has 1 saturated heterocycles. The minimum absolute atomic E-state index is 0.0891. The van der Waals surface area contributed by atoms with Gasteiger partial charge in [-0.2, -0.15) is 4.99 Å². The van der Waals surface area contributed by atoms with Crippen LogP contribution in [0.5, 0.6) is 0 Å². The van der Waals surface area contributed by atoms with E-state index >= 15 is 0 Å². The van der Waals surface area contributed by atoms with Crippen LogP contribution in [0.1, 0.15) is 49.7 Å². The summed E-state index contributed by atoms with van der Waals surface area (Å²) in [6.07, 6.45) is 3.88. The number of ether oxygens (including phenoxy) is 1. The minimum Gasteiger partial charge on any atom is -0.376 e. The van der Waals surface area contributed by atoms with Gasteiger partial charge in [-0.3, -0.25) is 19.1 Å². The number of fused-ring (bicyclic) bond motifs is 1. The molecule has 3 aromatic rings. The average Bonchev–Trinajstić information content (AvgIpc) is 3.30. The Morgan fingerprint density at radius 3 is 2.83 bits per heavy atom. The standard InChI is InChI=1S/C23H27ClN4O2/c1-23(2,3)19-13-20(28(27(19)4)14-17-8-6-10-30-17)26-22(29)18-12-16(24)11-15-7-5-9-25-21(15)18/h5,7,9,11-13,17H,6,8,10,14H2,1-4H3/b26-20+/t17-/m1/s1. The minimum atomic E-state index is -0.353. The Hall–Kier alpha value is -2.44. The van der Waals surface area contributed by atoms with Crippen molar-refractivity contribution in [3.05, 3.63) is 58.3 Å². The van der Waals surface area contributed by atoms with Gasteiger partial charge in [-0.15, -0.1) is 0 Å². The molecule has 30 heavy (non-hydrogen) atoms. The molecule has 1 aliphatic rings. The van der Waals surface area contributed by atoms with Gasteiger partial charge < -0.3 is 4.74 Å². The van der Waals surface area contributed by atoms with Gasteiger partial charge in [0.1, 0.15) is 0 Å². The molecule has 0 aliphatic carbocycles. The molecule has 7 heteroatoms. The number of benzene rings is 1. The van der Waals surface area contributed by atoms with Crippen molar-refractivity contribution in [3.63, 3.8) is 0 Å². The van der Waals surface area contributed by atoms with Gasteiger partial charge in [0, 0.05) is 47.4 Å². The van der Waals surface area contributed by atoms with E-state index in [1.807, 2.05) is 29.9 Å². The van der Waals surface area contributed by atoms with Crippen LogP contribution in [0.2, 0.25) is 5.02 Å². The number of rotatable bonds is 3. The summed E-state index contributed by atoms with van der Waals surface area (Å²) in [6, 6.07) is 9.15. The van der Waals surface area contributed by atoms with Crippen molar-refractivity contribution in [1.29, 1.82) is 0 Å². The highest BCUT2D eigenvalue weighted by molar-refractivity contribution is 6.32. The number of carbonyl (C=O) groups is 1. The Kier molecular flexibility index (Phi) is 5.55. The first-order chi connectivity index (χ1) is 14.2. The molecule has 4 rings (SSSR count). The average molecular weight is 427 g/mol. The fraction of sp³-hybridized carbons (Fsp3) is 0.435. The molecule has 0 N–H and O–H groups in total. The van der Waals surface area contributed by atoms with Crippen molar-refractivity contribution in [2.45, 2.75) is 51.7 Å². The fourth-order valence-electron chi connectivity index (χ4n) is 4.05. The van der Waals surface area contributed by atoms with E-state index in [0.717, 1.165) is 30.5 Å². The molecule has 0 radical (unpaired) electrons. The zero-order valence-electron chi connectivity index (χ0n) is 17.9. The second kappa shape index (κ2) is 8.00. The van der Waals surface area contributed by atoms with E-state index in [4.69, 9.17) is 16.3 Å². The monoisotopic (exact) mass is 426 g/mol. The third-order valence-corrected chi connectivity index (χ3v) is 5.74. The third kappa shape index (κ3) is 4.07. The van der Waals surface area contributed by atoms with Gasteiger partial charge in [-0.1, -0.05) is 38.4 Å². The molecule has 1 atom stereocenters. The van der Waals surface area contributed by atoms with Crippen molar-refractivity contribution in [3.8, 4) is 0 Å². The van der Waals surface area contributed by atoms with Gasteiger partial charge >= 0.3 is 0 Å². The lowest BCUT2D eigenvalue weighted by Gasteiger charge is -2.21. The van der Waals surface area contributed by atoms with E-state index in [2.05, 4.69) is 35.4 Å². The van der Waals surface area contributed by atoms with Gasteiger partial charge in [0.15, 0.2) is 5.49 Å². The fourth-order valence-corrected chi connectivity index (χ4v) is 4.27. The second-order valence-electron chi connectivity index (χ2n) is 8.82. The first kappa shape index (κ1) is 20.8. The Morgan fingerprint density at radius 1 is 1.33 bits per heavy atom. The van der Waals surface area contributed by atoms with Gasteiger partial charge in [-0.05, 0) is 31.0 Å². The first-order valence-electron chi connectivity index (χ1n) is 10.3. The summed E-state index contributed by atoms with van der Waals surface area (Å²) in [5.74, 6) is -0.353. The number of halogens is 1. The highest BCUT2D eigenvalue weighted by Gasteiger charge is 2.24. The van der Waals surface area contributed by atoms with Gasteiger partial charge in [-0.25, -0.2) is 0 Å². The van der Waals surface area contributed by atoms with E-state index in [1.54, 1.807) is 18.3 Å². The summed E-state index contributed by atoms with van der Waals surface area (Å²) in [5, 5.41) is 1.31. The van der Waals surface area contributed by atoms with Crippen molar-refractivity contribution in [1.82, 2.24) is 14.3 Å². The Bertz CT molecular complexity index is 1160. The topological polar surface area (TPSA) is 61.4 Å². The second-order valence-corrected chi connectivity index (χ2v) is 9.26. The van der Waals surface area contributed by atoms with Crippen LogP contribution in [0.25, 0.3) is 10.9 Å². The Balaban J connectivity index is 1.84. The molecule has 0 unspecified atom stereocenters. The lowest BCUT2D eigenvalue weighted by molar-refractivity contribution is 0.0885. The maximum atomic E-state index is 13.2. The first-order valence-corrected chi connectivity index (χ1v) is 10.6. The van der Waals surface area contributed by atoms with E-state index in [1.165, 1.54) is 0 Å². The van der Waals surface area contributed by atoms with Gasteiger partial charge in [0.25, 0.3) is 5.91 Å². The maximum Gasteiger partial charge on any atom is 0.281 e. The van der Waals surface area contributed by atoms with Crippen LogP contribution >= 0.6 is 11.6 Å². The molecular weight excluding hydrogens is 400 g/mol. The molecule has 1 amide bonds. The van der Waals surface area contributed by atoms with Gasteiger partial charge in [0.05, 0.1) is 23.7 Å². The summed E-state index contributed by atoms with van der Waals surface area (Å²) in [6.45, 7) is 7.90. The molecule has 2 aromatic heterocycles. The Labute approximate surface area is 181 Å². The number of hydrogen-bond acceptors (Lipinski definition) is 3. The van der Waals surface area contributed by atoms with Crippen LogP contribution in [0, 0.1) is 0 Å². The van der Waals surface area contributed by atoms with Crippen molar-refractivity contribution in [2.75, 3.05) is 6.61 Å². The number of pyridine rings is 1. The molecular formula is C23H27ClN4O2. The van der Waals surface area contributed by atoms with Crippen molar-refractivity contribution in [2.24, 2.45) is 12.0 Å². The summed E-state index contributed by atoms with van der Waals surface area (Å²) in [4.78, 5) is 22.1. The number of amides is 1. The SMILES string of the molecule is Cn1c(C(C)(C)C)c/c(=N\C(=O)c2cc(Cl)cc3cccnc23)n1C[C@H]1CCCO1. The molecule has 0 spiro atoms. The molecule has 158 valence electrons. The molecule has 3 heterocycles. The van der Waals surface area contributed by atoms with Crippen LogP contribution in [-0.4, -0.2) is 33.0 Å². The maximum absolute atomic E-state index is 13.2. The van der Waals surface area contributed by atoms with Crippen LogP contribution in [0.4, 0.5) is 0 Å². The van der Waals surface area contributed by atoms with E-state index in [9.17, 15) is 4.79 Å². The quantitative estimate of drug-likeness (QED) is 0.629. The zero-order valence-corrected chi connectivity index (χ0v) is 18.6. The highest BCUT2D eigenvalue weighted by atomic mass is 35.5. The Morgan fingerprint density at radius 2 is 2.13 bits per heavy atom. The van der Waals surface area contributed by atoms with Crippen LogP contribution < -0.4 is 5.49 Å². The largest absolute Gasteiger partial charge is 0.376 e. The highest BCUT2D eigenvalue weighted by Crippen LogP contribution is 2.24. The predicted octanol–water partition coefficient (Wildman–Crippen LogP) is 4.25. The zero-order chi connectivity index (χ0) is 21.5. The molecule has 6 nitrogen and oxygen atoms in total. The number of carbonyl (C=O) groups excluding carboxylic acids is 1. The van der Waals surface area contributed by atoms with Crippen molar-refractivity contribution >= 4 is 28.4 Å². The predicted molar refractivity (Wildman–Crippen MR) is 118 cm³/mol. The number of nitrogens with zero attached hydrogens (tertiary/aromatic N) is 4. The third-order valence-electron chi connectivity index (χ3n) is 5.53. The van der Waals surface area contributed by atoms with E-state index in [0.29, 0.717) is 28.1 Å². The summed E-state index contributed by atoms with van der Waals surface area (Å²) in [5.41, 5.74) is 2.64. The molecule has 0 saturated carbocycles. The van der Waals surface area contributed by atoms with Crippen LogP contribution in [0.3, 0.4) is 0 Å². The summed E-state index contributed by atoms with van der Waals surface area (Å²) in [7, 11) is 2.01. The lowest BCUT2D eigenvalue weighted by Crippen LogP contribution is -2.30. The van der Waals surface area contributed by atoms with Gasteiger partial charge in [0.2, 0.25) is 0 Å². The molecule has 1 fully saturated rings.